The maximum atomic E-state index is 10.7. The van der Waals surface area contributed by atoms with Gasteiger partial charge in [0, 0.05) is 25.7 Å². The molecule has 1 atom stereocenters. The average Bonchev–Trinajstić information content (AvgIpc) is 2.87. The molecule has 2 heterocycles. The van der Waals surface area contributed by atoms with Crippen molar-refractivity contribution in [3.63, 3.8) is 0 Å². The molecule has 112 valence electrons. The Hall–Kier alpha value is -2.19. The zero-order valence-corrected chi connectivity index (χ0v) is 11.6. The van der Waals surface area contributed by atoms with Crippen molar-refractivity contribution in [2.75, 3.05) is 38.6 Å². The number of nitro groups is 1. The fourth-order valence-corrected chi connectivity index (χ4v) is 2.29. The number of fused-ring (bicyclic) bond motifs is 1. The molecule has 1 unspecified atom stereocenters. The predicted molar refractivity (Wildman–Crippen MR) is 76.4 cm³/mol. The van der Waals surface area contributed by atoms with Crippen molar-refractivity contribution in [2.24, 2.45) is 0 Å². The number of oxazole rings is 1. The van der Waals surface area contributed by atoms with Gasteiger partial charge in [-0.25, -0.2) is 0 Å². The molecule has 1 saturated heterocycles. The number of morpholine rings is 1. The molecule has 0 saturated carbocycles. The van der Waals surface area contributed by atoms with Crippen LogP contribution < -0.4 is 5.32 Å². The van der Waals surface area contributed by atoms with E-state index in [9.17, 15) is 10.1 Å². The van der Waals surface area contributed by atoms with E-state index in [4.69, 9.17) is 9.15 Å². The molecule has 0 amide bonds. The van der Waals surface area contributed by atoms with E-state index in [2.05, 4.69) is 15.2 Å². The number of hydrogen-bond donors (Lipinski definition) is 1. The van der Waals surface area contributed by atoms with Gasteiger partial charge in [0.15, 0.2) is 5.58 Å². The van der Waals surface area contributed by atoms with Gasteiger partial charge in [0.05, 0.1) is 23.7 Å². The summed E-state index contributed by atoms with van der Waals surface area (Å²) in [5, 5.41) is 13.8. The first kappa shape index (κ1) is 13.8. The van der Waals surface area contributed by atoms with Crippen molar-refractivity contribution in [2.45, 2.75) is 6.10 Å². The highest BCUT2D eigenvalue weighted by Gasteiger charge is 2.18. The van der Waals surface area contributed by atoms with Crippen LogP contribution in [0.3, 0.4) is 0 Å². The Bertz CT molecular complexity index is 657. The summed E-state index contributed by atoms with van der Waals surface area (Å²) in [5.41, 5.74) is 0.973. The first-order valence-corrected chi connectivity index (χ1v) is 6.71. The lowest BCUT2D eigenvalue weighted by atomic mass is 10.3. The van der Waals surface area contributed by atoms with E-state index in [1.54, 1.807) is 6.07 Å². The third-order valence-electron chi connectivity index (χ3n) is 3.41. The minimum atomic E-state index is -0.458. The number of non-ortho nitro benzene ring substituents is 1. The second-order valence-electron chi connectivity index (χ2n) is 5.06. The molecule has 1 aromatic heterocycles. The van der Waals surface area contributed by atoms with Gasteiger partial charge in [-0.1, -0.05) is 0 Å². The SMILES string of the molecule is CN1CCOC(CNc2nc3ccc([N+](=O)[O-])cc3o2)C1. The van der Waals surface area contributed by atoms with Crippen LogP contribution in [0.5, 0.6) is 0 Å². The lowest BCUT2D eigenvalue weighted by molar-refractivity contribution is -0.384. The highest BCUT2D eigenvalue weighted by atomic mass is 16.6. The number of benzene rings is 1. The maximum Gasteiger partial charge on any atom is 0.295 e. The second kappa shape index (κ2) is 5.66. The van der Waals surface area contributed by atoms with E-state index in [-0.39, 0.29) is 11.8 Å². The van der Waals surface area contributed by atoms with Crippen molar-refractivity contribution in [1.82, 2.24) is 9.88 Å². The van der Waals surface area contributed by atoms with Crippen LogP contribution in [0, 0.1) is 10.1 Å². The standard InChI is InChI=1S/C13H16N4O4/c1-16-4-5-20-10(8-16)7-14-13-15-11-3-2-9(17(18)19)6-12(11)21-13/h2-3,6,10H,4-5,7-8H2,1H3,(H,14,15). The van der Waals surface area contributed by atoms with Gasteiger partial charge in [-0.05, 0) is 13.1 Å². The second-order valence-corrected chi connectivity index (χ2v) is 5.06. The number of nitrogens with zero attached hydrogens (tertiary/aromatic N) is 3. The molecule has 2 aromatic rings. The van der Waals surface area contributed by atoms with Gasteiger partial charge in [-0.15, -0.1) is 0 Å². The fraction of sp³-hybridized carbons (Fsp3) is 0.462. The molecule has 0 bridgehead atoms. The average molecular weight is 292 g/mol. The summed E-state index contributed by atoms with van der Waals surface area (Å²) in [4.78, 5) is 16.7. The van der Waals surface area contributed by atoms with Crippen LogP contribution >= 0.6 is 0 Å². The number of rotatable bonds is 4. The molecule has 1 aliphatic rings. The summed E-state index contributed by atoms with van der Waals surface area (Å²) in [7, 11) is 2.05. The number of nitro benzene ring substituents is 1. The molecule has 0 radical (unpaired) electrons. The van der Waals surface area contributed by atoms with E-state index in [1.807, 2.05) is 7.05 Å². The fourth-order valence-electron chi connectivity index (χ4n) is 2.29. The molecule has 1 aliphatic heterocycles. The Morgan fingerprint density at radius 2 is 2.43 bits per heavy atom. The third kappa shape index (κ3) is 3.11. The van der Waals surface area contributed by atoms with Gasteiger partial charge in [0.1, 0.15) is 5.52 Å². The van der Waals surface area contributed by atoms with Crippen molar-refractivity contribution >= 4 is 22.8 Å². The molecule has 1 aromatic carbocycles. The number of aromatic nitrogens is 1. The Morgan fingerprint density at radius 3 is 3.19 bits per heavy atom. The number of hydrogen-bond acceptors (Lipinski definition) is 7. The number of likely N-dealkylation sites (N-methyl/N-ethyl adjacent to an activating group) is 1. The summed E-state index contributed by atoms with van der Waals surface area (Å²) in [6, 6.07) is 4.71. The molecule has 8 heteroatoms. The number of nitrogens with one attached hydrogen (secondary N) is 1. The predicted octanol–water partition coefficient (Wildman–Crippen LogP) is 1.48. The molecule has 1 N–H and O–H groups in total. The Morgan fingerprint density at radius 1 is 1.57 bits per heavy atom. The monoisotopic (exact) mass is 292 g/mol. The zero-order valence-electron chi connectivity index (χ0n) is 11.6. The van der Waals surface area contributed by atoms with E-state index in [1.165, 1.54) is 12.1 Å². The first-order valence-electron chi connectivity index (χ1n) is 6.71. The highest BCUT2D eigenvalue weighted by Crippen LogP contribution is 2.23. The molecular formula is C13H16N4O4. The molecular weight excluding hydrogens is 276 g/mol. The Kier molecular flexibility index (Phi) is 3.72. The summed E-state index contributed by atoms with van der Waals surface area (Å²) in [6.07, 6.45) is 0.0769. The van der Waals surface area contributed by atoms with Crippen LogP contribution in [0.2, 0.25) is 0 Å². The van der Waals surface area contributed by atoms with Crippen LogP contribution in [0.25, 0.3) is 11.1 Å². The van der Waals surface area contributed by atoms with Gasteiger partial charge in [-0.2, -0.15) is 4.98 Å². The first-order chi connectivity index (χ1) is 10.1. The minimum absolute atomic E-state index is 0.0116. The van der Waals surface area contributed by atoms with Crippen molar-refractivity contribution in [1.29, 1.82) is 0 Å². The quantitative estimate of drug-likeness (QED) is 0.673. The third-order valence-corrected chi connectivity index (χ3v) is 3.41. The Balaban J connectivity index is 1.68. The van der Waals surface area contributed by atoms with Crippen molar-refractivity contribution < 1.29 is 14.1 Å². The van der Waals surface area contributed by atoms with E-state index >= 15 is 0 Å². The smallest absolute Gasteiger partial charge is 0.295 e. The summed E-state index contributed by atoms with van der Waals surface area (Å²) >= 11 is 0. The van der Waals surface area contributed by atoms with Gasteiger partial charge in [-0.3, -0.25) is 10.1 Å². The molecule has 8 nitrogen and oxygen atoms in total. The molecule has 21 heavy (non-hydrogen) atoms. The molecule has 1 fully saturated rings. The molecule has 0 spiro atoms. The molecule has 0 aliphatic carbocycles. The maximum absolute atomic E-state index is 10.7. The van der Waals surface area contributed by atoms with E-state index < -0.39 is 4.92 Å². The normalized spacial score (nSPS) is 19.8. The van der Waals surface area contributed by atoms with Crippen molar-refractivity contribution in [3.8, 4) is 0 Å². The van der Waals surface area contributed by atoms with Crippen LogP contribution in [-0.2, 0) is 4.74 Å². The minimum Gasteiger partial charge on any atom is -0.423 e. The van der Waals surface area contributed by atoms with Crippen LogP contribution in [0.1, 0.15) is 0 Å². The van der Waals surface area contributed by atoms with Crippen molar-refractivity contribution in [3.05, 3.63) is 28.3 Å². The topological polar surface area (TPSA) is 93.7 Å². The number of ether oxygens (including phenoxy) is 1. The Labute approximate surface area is 120 Å². The highest BCUT2D eigenvalue weighted by molar-refractivity contribution is 5.77. The van der Waals surface area contributed by atoms with Gasteiger partial charge in [0.2, 0.25) is 0 Å². The van der Waals surface area contributed by atoms with Gasteiger partial charge < -0.3 is 19.4 Å². The number of anilines is 1. The van der Waals surface area contributed by atoms with Crippen LogP contribution in [0.4, 0.5) is 11.7 Å². The summed E-state index contributed by atoms with van der Waals surface area (Å²) < 4.78 is 11.1. The molecule has 3 rings (SSSR count). The lowest BCUT2D eigenvalue weighted by Crippen LogP contribution is -2.43. The van der Waals surface area contributed by atoms with Gasteiger partial charge >= 0.3 is 0 Å². The van der Waals surface area contributed by atoms with E-state index in [0.717, 1.165) is 13.1 Å². The summed E-state index contributed by atoms with van der Waals surface area (Å²) in [5.74, 6) is 0. The summed E-state index contributed by atoms with van der Waals surface area (Å²) in [6.45, 7) is 3.07. The lowest BCUT2D eigenvalue weighted by Gasteiger charge is -2.29. The van der Waals surface area contributed by atoms with E-state index in [0.29, 0.717) is 30.3 Å². The van der Waals surface area contributed by atoms with Crippen LogP contribution in [-0.4, -0.2) is 54.2 Å². The van der Waals surface area contributed by atoms with Gasteiger partial charge in [0.25, 0.3) is 11.7 Å². The largest absolute Gasteiger partial charge is 0.423 e. The zero-order chi connectivity index (χ0) is 14.8. The van der Waals surface area contributed by atoms with Crippen LogP contribution in [0.15, 0.2) is 22.6 Å².